The normalized spacial score (nSPS) is 14.5. The largest absolute Gasteiger partial charge is 0.378 e. The van der Waals surface area contributed by atoms with Gasteiger partial charge >= 0.3 is 0 Å². The third kappa shape index (κ3) is 8.29. The van der Waals surface area contributed by atoms with Crippen LogP contribution >= 0.6 is 0 Å². The van der Waals surface area contributed by atoms with E-state index in [1.807, 2.05) is 0 Å². The predicted octanol–water partition coefficient (Wildman–Crippen LogP) is 4.02. The van der Waals surface area contributed by atoms with Gasteiger partial charge in [-0.2, -0.15) is 0 Å². The van der Waals surface area contributed by atoms with Gasteiger partial charge in [-0.05, 0) is 24.7 Å². The summed E-state index contributed by atoms with van der Waals surface area (Å²) in [6.07, 6.45) is 5.20. The van der Waals surface area contributed by atoms with Crippen LogP contribution in [0.25, 0.3) is 0 Å². The van der Waals surface area contributed by atoms with Crippen LogP contribution in [0, 0.1) is 5.41 Å². The molecule has 0 amide bonds. The quantitative estimate of drug-likeness (QED) is 0.569. The molecule has 0 aliphatic carbocycles. The van der Waals surface area contributed by atoms with Gasteiger partial charge in [0.05, 0.1) is 6.10 Å². The fourth-order valence-electron chi connectivity index (χ4n) is 1.40. The third-order valence-electron chi connectivity index (χ3n) is 2.15. The summed E-state index contributed by atoms with van der Waals surface area (Å²) in [5, 5.41) is 0. The van der Waals surface area contributed by atoms with Crippen LogP contribution in [0.3, 0.4) is 0 Å². The van der Waals surface area contributed by atoms with Crippen LogP contribution in [0.5, 0.6) is 0 Å². The summed E-state index contributed by atoms with van der Waals surface area (Å²) in [6, 6.07) is 0. The lowest BCUT2D eigenvalue weighted by Crippen LogP contribution is -2.20. The number of hydrogen-bond acceptors (Lipinski definition) is 1. The Bertz CT molecular complexity index is 113. The molecule has 0 aliphatic heterocycles. The van der Waals surface area contributed by atoms with Crippen molar-refractivity contribution < 1.29 is 4.74 Å². The lowest BCUT2D eigenvalue weighted by molar-refractivity contribution is 0.0221. The minimum atomic E-state index is 0.396. The minimum Gasteiger partial charge on any atom is -0.378 e. The SMILES string of the molecule is CCCCOC(CC)CC(C)(C)C. The van der Waals surface area contributed by atoms with Gasteiger partial charge in [-0.1, -0.05) is 41.0 Å². The highest BCUT2D eigenvalue weighted by Gasteiger charge is 2.17. The zero-order chi connectivity index (χ0) is 10.3. The molecular formula is C12H26O. The second kappa shape index (κ2) is 6.42. The summed E-state index contributed by atoms with van der Waals surface area (Å²) >= 11 is 0. The van der Waals surface area contributed by atoms with Crippen molar-refractivity contribution in [3.63, 3.8) is 0 Å². The van der Waals surface area contributed by atoms with Crippen molar-refractivity contribution in [2.75, 3.05) is 6.61 Å². The van der Waals surface area contributed by atoms with Crippen molar-refractivity contribution in [1.29, 1.82) is 0 Å². The van der Waals surface area contributed by atoms with E-state index in [4.69, 9.17) is 4.74 Å². The molecule has 0 spiro atoms. The van der Waals surface area contributed by atoms with Crippen molar-refractivity contribution in [1.82, 2.24) is 0 Å². The zero-order valence-corrected chi connectivity index (χ0v) is 10.0. The van der Waals surface area contributed by atoms with Crippen LogP contribution in [-0.4, -0.2) is 12.7 Å². The minimum absolute atomic E-state index is 0.396. The molecule has 0 rings (SSSR count). The molecule has 1 atom stereocenters. The van der Waals surface area contributed by atoms with Gasteiger partial charge in [-0.3, -0.25) is 0 Å². The number of ether oxygens (including phenoxy) is 1. The van der Waals surface area contributed by atoms with Crippen LogP contribution in [0.15, 0.2) is 0 Å². The van der Waals surface area contributed by atoms with Crippen molar-refractivity contribution in [2.45, 2.75) is 66.4 Å². The second-order valence-electron chi connectivity index (χ2n) is 5.02. The van der Waals surface area contributed by atoms with Crippen molar-refractivity contribution >= 4 is 0 Å². The average Bonchev–Trinajstić information content (AvgIpc) is 2.01. The Morgan fingerprint density at radius 1 is 1.15 bits per heavy atom. The number of hydrogen-bond donors (Lipinski definition) is 0. The Morgan fingerprint density at radius 3 is 2.15 bits per heavy atom. The van der Waals surface area contributed by atoms with E-state index in [1.54, 1.807) is 0 Å². The molecule has 0 heterocycles. The first-order valence-corrected chi connectivity index (χ1v) is 5.61. The Balaban J connectivity index is 3.63. The van der Waals surface area contributed by atoms with Crippen molar-refractivity contribution in [2.24, 2.45) is 5.41 Å². The first kappa shape index (κ1) is 13.0. The Kier molecular flexibility index (Phi) is 6.40. The molecule has 0 radical (unpaired) electrons. The fourth-order valence-corrected chi connectivity index (χ4v) is 1.40. The summed E-state index contributed by atoms with van der Waals surface area (Å²) in [6.45, 7) is 12.2. The molecule has 1 unspecified atom stereocenters. The highest BCUT2D eigenvalue weighted by Crippen LogP contribution is 2.23. The van der Waals surface area contributed by atoms with Gasteiger partial charge in [0.25, 0.3) is 0 Å². The van der Waals surface area contributed by atoms with E-state index < -0.39 is 0 Å². The topological polar surface area (TPSA) is 9.23 Å². The van der Waals surface area contributed by atoms with Crippen molar-refractivity contribution in [3.05, 3.63) is 0 Å². The highest BCUT2D eigenvalue weighted by atomic mass is 16.5. The Hall–Kier alpha value is -0.0400. The van der Waals surface area contributed by atoms with Gasteiger partial charge in [0.1, 0.15) is 0 Å². The van der Waals surface area contributed by atoms with Gasteiger partial charge in [0.15, 0.2) is 0 Å². The molecule has 0 fully saturated rings. The average molecular weight is 186 g/mol. The van der Waals surface area contributed by atoms with E-state index in [0.29, 0.717) is 11.5 Å². The molecule has 13 heavy (non-hydrogen) atoms. The number of rotatable bonds is 6. The molecular weight excluding hydrogens is 160 g/mol. The van der Waals surface area contributed by atoms with Gasteiger partial charge in [0, 0.05) is 6.61 Å². The molecule has 0 saturated carbocycles. The lowest BCUT2D eigenvalue weighted by Gasteiger charge is -2.25. The van der Waals surface area contributed by atoms with E-state index in [9.17, 15) is 0 Å². The molecule has 0 aromatic rings. The summed E-state index contributed by atoms with van der Waals surface area (Å²) in [5.74, 6) is 0. The predicted molar refractivity (Wildman–Crippen MR) is 59.0 cm³/mol. The molecule has 0 aliphatic rings. The van der Waals surface area contributed by atoms with E-state index >= 15 is 0 Å². The third-order valence-corrected chi connectivity index (χ3v) is 2.15. The Labute approximate surface area is 83.9 Å². The van der Waals surface area contributed by atoms with Gasteiger partial charge in [-0.25, -0.2) is 0 Å². The molecule has 0 saturated heterocycles. The van der Waals surface area contributed by atoms with Crippen LogP contribution in [-0.2, 0) is 4.74 Å². The number of unbranched alkanes of at least 4 members (excludes halogenated alkanes) is 1. The summed E-state index contributed by atoms with van der Waals surface area (Å²) in [5.41, 5.74) is 0.396. The summed E-state index contributed by atoms with van der Waals surface area (Å²) < 4.78 is 5.81. The summed E-state index contributed by atoms with van der Waals surface area (Å²) in [4.78, 5) is 0. The maximum atomic E-state index is 5.81. The van der Waals surface area contributed by atoms with E-state index in [-0.39, 0.29) is 0 Å². The molecule has 0 bridgehead atoms. The van der Waals surface area contributed by atoms with Gasteiger partial charge in [0.2, 0.25) is 0 Å². The van der Waals surface area contributed by atoms with Gasteiger partial charge in [-0.15, -0.1) is 0 Å². The van der Waals surface area contributed by atoms with Crippen LogP contribution in [0.2, 0.25) is 0 Å². The van der Waals surface area contributed by atoms with Crippen molar-refractivity contribution in [3.8, 4) is 0 Å². The zero-order valence-electron chi connectivity index (χ0n) is 10.0. The van der Waals surface area contributed by atoms with Gasteiger partial charge < -0.3 is 4.74 Å². The standard InChI is InChI=1S/C12H26O/c1-6-8-9-13-11(7-2)10-12(3,4)5/h11H,6-10H2,1-5H3. The monoisotopic (exact) mass is 186 g/mol. The lowest BCUT2D eigenvalue weighted by atomic mass is 9.88. The first-order valence-electron chi connectivity index (χ1n) is 5.61. The Morgan fingerprint density at radius 2 is 1.77 bits per heavy atom. The molecule has 0 N–H and O–H groups in total. The molecule has 1 heteroatoms. The smallest absolute Gasteiger partial charge is 0.0577 e. The molecule has 1 nitrogen and oxygen atoms in total. The van der Waals surface area contributed by atoms with Crippen LogP contribution < -0.4 is 0 Å². The van der Waals surface area contributed by atoms with E-state index in [2.05, 4.69) is 34.6 Å². The highest BCUT2D eigenvalue weighted by molar-refractivity contribution is 4.68. The maximum Gasteiger partial charge on any atom is 0.0577 e. The molecule has 80 valence electrons. The molecule has 0 aromatic carbocycles. The fraction of sp³-hybridized carbons (Fsp3) is 1.00. The van der Waals surface area contributed by atoms with Crippen LogP contribution in [0.4, 0.5) is 0 Å². The second-order valence-corrected chi connectivity index (χ2v) is 5.02. The maximum absolute atomic E-state index is 5.81. The van der Waals surface area contributed by atoms with E-state index in [0.717, 1.165) is 13.0 Å². The molecule has 0 aromatic heterocycles. The first-order chi connectivity index (χ1) is 5.99. The van der Waals surface area contributed by atoms with Crippen LogP contribution in [0.1, 0.15) is 60.3 Å². The van der Waals surface area contributed by atoms with E-state index in [1.165, 1.54) is 19.3 Å². The summed E-state index contributed by atoms with van der Waals surface area (Å²) in [7, 11) is 0.